The van der Waals surface area contributed by atoms with E-state index in [1.165, 1.54) is 12.1 Å². The number of hydrogen-bond acceptors (Lipinski definition) is 5. The molecule has 23 heavy (non-hydrogen) atoms. The summed E-state index contributed by atoms with van der Waals surface area (Å²) in [5.74, 6) is 1.23. The molecule has 0 amide bonds. The monoisotopic (exact) mass is 332 g/mol. The minimum absolute atomic E-state index is 0.159. The van der Waals surface area contributed by atoms with Gasteiger partial charge in [-0.05, 0) is 35.9 Å². The topological polar surface area (TPSA) is 81.4 Å². The van der Waals surface area contributed by atoms with Crippen LogP contribution in [0, 0.1) is 6.92 Å². The number of ether oxygens (including phenoxy) is 1. The van der Waals surface area contributed by atoms with Gasteiger partial charge in [-0.3, -0.25) is 0 Å². The standard InChI is InChI=1S/C16H16N2O4S/c1-11-18-15-9-14(7-8-16(15)22-11)23(19,20)17-10-12-3-5-13(21-2)6-4-12/h3-9,17H,10H2,1-2H3. The molecule has 3 rings (SSSR count). The smallest absolute Gasteiger partial charge is 0.240 e. The Morgan fingerprint density at radius 1 is 1.17 bits per heavy atom. The molecule has 7 heteroatoms. The molecule has 0 saturated carbocycles. The maximum absolute atomic E-state index is 12.4. The molecule has 0 aliphatic rings. The number of nitrogens with zero attached hydrogens (tertiary/aromatic N) is 1. The third kappa shape index (κ3) is 3.35. The number of sulfonamides is 1. The highest BCUT2D eigenvalue weighted by molar-refractivity contribution is 7.89. The third-order valence-corrected chi connectivity index (χ3v) is 4.80. The van der Waals surface area contributed by atoms with Crippen molar-refractivity contribution in [3.8, 4) is 5.75 Å². The Labute approximate surface area is 134 Å². The maximum atomic E-state index is 12.4. The predicted octanol–water partition coefficient (Wildman–Crippen LogP) is 2.62. The molecule has 1 N–H and O–H groups in total. The first-order chi connectivity index (χ1) is 11.0. The molecule has 2 aromatic carbocycles. The molecular formula is C16H16N2O4S. The van der Waals surface area contributed by atoms with Gasteiger partial charge in [0.1, 0.15) is 11.3 Å². The highest BCUT2D eigenvalue weighted by Gasteiger charge is 2.15. The van der Waals surface area contributed by atoms with Crippen molar-refractivity contribution in [3.05, 3.63) is 53.9 Å². The second-order valence-corrected chi connectivity index (χ2v) is 6.80. The first kappa shape index (κ1) is 15.5. The average Bonchev–Trinajstić information content (AvgIpc) is 2.92. The molecule has 1 aromatic heterocycles. The van der Waals surface area contributed by atoms with E-state index in [9.17, 15) is 8.42 Å². The van der Waals surface area contributed by atoms with Crippen molar-refractivity contribution in [2.45, 2.75) is 18.4 Å². The summed E-state index contributed by atoms with van der Waals surface area (Å²) in [4.78, 5) is 4.31. The average molecular weight is 332 g/mol. The lowest BCUT2D eigenvalue weighted by atomic mass is 10.2. The highest BCUT2D eigenvalue weighted by Crippen LogP contribution is 2.20. The van der Waals surface area contributed by atoms with Gasteiger partial charge in [0.2, 0.25) is 10.0 Å². The largest absolute Gasteiger partial charge is 0.497 e. The molecule has 1 heterocycles. The molecule has 6 nitrogen and oxygen atoms in total. The van der Waals surface area contributed by atoms with E-state index in [2.05, 4.69) is 9.71 Å². The summed E-state index contributed by atoms with van der Waals surface area (Å²) in [6.07, 6.45) is 0. The van der Waals surface area contributed by atoms with Crippen LogP contribution in [-0.4, -0.2) is 20.5 Å². The number of oxazole rings is 1. The fraction of sp³-hybridized carbons (Fsp3) is 0.188. The van der Waals surface area contributed by atoms with E-state index in [1.807, 2.05) is 12.1 Å². The van der Waals surface area contributed by atoms with Crippen LogP contribution in [0.2, 0.25) is 0 Å². The van der Waals surface area contributed by atoms with Crippen LogP contribution in [0.3, 0.4) is 0 Å². The van der Waals surface area contributed by atoms with Gasteiger partial charge >= 0.3 is 0 Å². The van der Waals surface area contributed by atoms with Crippen LogP contribution in [0.4, 0.5) is 0 Å². The van der Waals surface area contributed by atoms with E-state index in [4.69, 9.17) is 9.15 Å². The van der Waals surface area contributed by atoms with Gasteiger partial charge in [-0.1, -0.05) is 12.1 Å². The zero-order valence-electron chi connectivity index (χ0n) is 12.7. The normalized spacial score (nSPS) is 11.7. The van der Waals surface area contributed by atoms with Crippen LogP contribution in [-0.2, 0) is 16.6 Å². The molecular weight excluding hydrogens is 316 g/mol. The minimum atomic E-state index is -3.62. The Morgan fingerprint density at radius 3 is 2.61 bits per heavy atom. The molecule has 0 radical (unpaired) electrons. The Kier molecular flexibility index (Phi) is 4.06. The Balaban J connectivity index is 1.78. The summed E-state index contributed by atoms with van der Waals surface area (Å²) in [5.41, 5.74) is 1.93. The Hall–Kier alpha value is -2.38. The molecule has 0 aliphatic carbocycles. The molecule has 0 spiro atoms. The van der Waals surface area contributed by atoms with Crippen molar-refractivity contribution >= 4 is 21.1 Å². The number of fused-ring (bicyclic) bond motifs is 1. The first-order valence-electron chi connectivity index (χ1n) is 6.98. The summed E-state index contributed by atoms with van der Waals surface area (Å²) >= 11 is 0. The number of nitrogens with one attached hydrogen (secondary N) is 1. The number of hydrogen-bond donors (Lipinski definition) is 1. The van der Waals surface area contributed by atoms with Gasteiger partial charge in [-0.2, -0.15) is 0 Å². The van der Waals surface area contributed by atoms with Crippen molar-refractivity contribution in [1.29, 1.82) is 0 Å². The summed E-state index contributed by atoms with van der Waals surface area (Å²) in [5, 5.41) is 0. The maximum Gasteiger partial charge on any atom is 0.240 e. The van der Waals surface area contributed by atoms with E-state index in [1.54, 1.807) is 32.2 Å². The van der Waals surface area contributed by atoms with Crippen molar-refractivity contribution in [1.82, 2.24) is 9.71 Å². The van der Waals surface area contributed by atoms with Crippen molar-refractivity contribution in [2.75, 3.05) is 7.11 Å². The zero-order valence-corrected chi connectivity index (χ0v) is 13.6. The molecule has 0 aliphatic heterocycles. The summed E-state index contributed by atoms with van der Waals surface area (Å²) in [6.45, 7) is 1.91. The van der Waals surface area contributed by atoms with Gasteiger partial charge in [0.05, 0.1) is 12.0 Å². The molecule has 0 saturated heterocycles. The van der Waals surface area contributed by atoms with E-state index in [0.29, 0.717) is 17.0 Å². The minimum Gasteiger partial charge on any atom is -0.497 e. The summed E-state index contributed by atoms with van der Waals surface area (Å²) in [7, 11) is -2.04. The van der Waals surface area contributed by atoms with Crippen molar-refractivity contribution in [2.24, 2.45) is 0 Å². The number of aryl methyl sites for hydroxylation is 1. The first-order valence-corrected chi connectivity index (χ1v) is 8.46. The van der Waals surface area contributed by atoms with Crippen molar-refractivity contribution < 1.29 is 17.6 Å². The van der Waals surface area contributed by atoms with E-state index in [-0.39, 0.29) is 11.4 Å². The Morgan fingerprint density at radius 2 is 1.91 bits per heavy atom. The van der Waals surface area contributed by atoms with Crippen LogP contribution in [0.15, 0.2) is 51.8 Å². The van der Waals surface area contributed by atoms with Gasteiger partial charge in [-0.15, -0.1) is 0 Å². The lowest BCUT2D eigenvalue weighted by Crippen LogP contribution is -2.23. The summed E-state index contributed by atoms with van der Waals surface area (Å²) in [6, 6.07) is 11.8. The molecule has 3 aromatic rings. The van der Waals surface area contributed by atoms with E-state index < -0.39 is 10.0 Å². The quantitative estimate of drug-likeness (QED) is 0.777. The summed E-state index contributed by atoms with van der Waals surface area (Å²) < 4.78 is 37.8. The van der Waals surface area contributed by atoms with Gasteiger partial charge in [0.15, 0.2) is 11.5 Å². The van der Waals surface area contributed by atoms with Crippen LogP contribution in [0.1, 0.15) is 11.5 Å². The van der Waals surface area contributed by atoms with Gasteiger partial charge in [0.25, 0.3) is 0 Å². The second kappa shape index (κ2) is 6.02. The Bertz CT molecular complexity index is 930. The van der Waals surface area contributed by atoms with Crippen LogP contribution >= 0.6 is 0 Å². The van der Waals surface area contributed by atoms with E-state index in [0.717, 1.165) is 11.3 Å². The SMILES string of the molecule is COc1ccc(CNS(=O)(=O)c2ccc3oc(C)nc3c2)cc1. The fourth-order valence-electron chi connectivity index (χ4n) is 2.19. The second-order valence-electron chi connectivity index (χ2n) is 5.04. The lowest BCUT2D eigenvalue weighted by molar-refractivity contribution is 0.414. The van der Waals surface area contributed by atoms with Gasteiger partial charge in [-0.25, -0.2) is 18.1 Å². The number of aromatic nitrogens is 1. The number of benzene rings is 2. The molecule has 0 bridgehead atoms. The van der Waals surface area contributed by atoms with Crippen LogP contribution in [0.5, 0.6) is 5.75 Å². The zero-order chi connectivity index (χ0) is 16.4. The van der Waals surface area contributed by atoms with Crippen LogP contribution < -0.4 is 9.46 Å². The lowest BCUT2D eigenvalue weighted by Gasteiger charge is -2.07. The number of methoxy groups -OCH3 is 1. The van der Waals surface area contributed by atoms with Crippen molar-refractivity contribution in [3.63, 3.8) is 0 Å². The highest BCUT2D eigenvalue weighted by atomic mass is 32.2. The molecule has 120 valence electrons. The van der Waals surface area contributed by atoms with Crippen LogP contribution in [0.25, 0.3) is 11.1 Å². The molecule has 0 atom stereocenters. The van der Waals surface area contributed by atoms with Gasteiger partial charge < -0.3 is 9.15 Å². The van der Waals surface area contributed by atoms with E-state index >= 15 is 0 Å². The third-order valence-electron chi connectivity index (χ3n) is 3.40. The van der Waals surface area contributed by atoms with Gasteiger partial charge in [0, 0.05) is 13.5 Å². The molecule has 0 unspecified atom stereocenters. The fourth-order valence-corrected chi connectivity index (χ4v) is 3.23. The molecule has 0 fully saturated rings. The number of rotatable bonds is 5. The predicted molar refractivity (Wildman–Crippen MR) is 85.8 cm³/mol.